The molecule has 1 heterocycles. The molecule has 2 heteroatoms. The average molecular weight is 178 g/mol. The molecule has 2 nitrogen and oxygen atoms in total. The van der Waals surface area contributed by atoms with E-state index in [1.807, 2.05) is 0 Å². The van der Waals surface area contributed by atoms with Gasteiger partial charge in [0.2, 0.25) is 0 Å². The zero-order chi connectivity index (χ0) is 9.26. The van der Waals surface area contributed by atoms with Crippen molar-refractivity contribution in [2.75, 3.05) is 13.2 Å². The number of benzene rings is 1. The number of epoxide rings is 1. The van der Waals surface area contributed by atoms with Crippen molar-refractivity contribution in [2.24, 2.45) is 0 Å². The molecule has 1 aliphatic heterocycles. The monoisotopic (exact) mass is 178 g/mol. The van der Waals surface area contributed by atoms with Gasteiger partial charge in [-0.2, -0.15) is 0 Å². The highest BCUT2D eigenvalue weighted by molar-refractivity contribution is 5.33. The Balaban J connectivity index is 2.01. The highest BCUT2D eigenvalue weighted by Gasteiger charge is 2.22. The summed E-state index contributed by atoms with van der Waals surface area (Å²) < 4.78 is 10.6. The van der Waals surface area contributed by atoms with E-state index in [0.29, 0.717) is 12.7 Å². The summed E-state index contributed by atoms with van der Waals surface area (Å²) in [5.74, 6) is 0.952. The van der Waals surface area contributed by atoms with Gasteiger partial charge in [0.15, 0.2) is 0 Å². The fraction of sp³-hybridized carbons (Fsp3) is 0.455. The topological polar surface area (TPSA) is 21.8 Å². The molecule has 0 saturated carbocycles. The van der Waals surface area contributed by atoms with Crippen molar-refractivity contribution < 1.29 is 9.47 Å². The summed E-state index contributed by atoms with van der Waals surface area (Å²) in [5, 5.41) is 0. The number of rotatable bonds is 3. The van der Waals surface area contributed by atoms with E-state index in [-0.39, 0.29) is 0 Å². The van der Waals surface area contributed by atoms with E-state index in [1.54, 1.807) is 0 Å². The summed E-state index contributed by atoms with van der Waals surface area (Å²) in [5.41, 5.74) is 2.48. The summed E-state index contributed by atoms with van der Waals surface area (Å²) in [6.07, 6.45) is 0.334. The van der Waals surface area contributed by atoms with Gasteiger partial charge < -0.3 is 9.47 Å². The van der Waals surface area contributed by atoms with Crippen LogP contribution in [0.25, 0.3) is 0 Å². The maximum atomic E-state index is 5.57. The van der Waals surface area contributed by atoms with Crippen LogP contribution in [0.2, 0.25) is 0 Å². The highest BCUT2D eigenvalue weighted by Crippen LogP contribution is 2.18. The Morgan fingerprint density at radius 3 is 2.46 bits per heavy atom. The van der Waals surface area contributed by atoms with E-state index in [9.17, 15) is 0 Å². The average Bonchev–Trinajstić information content (AvgIpc) is 2.81. The molecule has 70 valence electrons. The van der Waals surface area contributed by atoms with Crippen molar-refractivity contribution in [3.8, 4) is 5.75 Å². The largest absolute Gasteiger partial charge is 0.491 e. The second-order valence-corrected chi connectivity index (χ2v) is 3.59. The molecule has 0 amide bonds. The summed E-state index contributed by atoms with van der Waals surface area (Å²) in [4.78, 5) is 0. The summed E-state index contributed by atoms with van der Waals surface area (Å²) >= 11 is 0. The third kappa shape index (κ3) is 2.46. The van der Waals surface area contributed by atoms with Gasteiger partial charge in [0.1, 0.15) is 18.5 Å². The van der Waals surface area contributed by atoms with E-state index in [4.69, 9.17) is 9.47 Å². The van der Waals surface area contributed by atoms with Crippen LogP contribution in [0.4, 0.5) is 0 Å². The van der Waals surface area contributed by atoms with Gasteiger partial charge in [-0.15, -0.1) is 0 Å². The SMILES string of the molecule is Cc1cc(C)cc(OC[C@@H]2CO2)c1. The normalized spacial score (nSPS) is 20.0. The van der Waals surface area contributed by atoms with Gasteiger partial charge in [-0.05, 0) is 37.1 Å². The molecule has 0 aliphatic carbocycles. The van der Waals surface area contributed by atoms with Gasteiger partial charge in [0.25, 0.3) is 0 Å². The lowest BCUT2D eigenvalue weighted by molar-refractivity contribution is 0.263. The lowest BCUT2D eigenvalue weighted by Gasteiger charge is -2.06. The lowest BCUT2D eigenvalue weighted by atomic mass is 10.1. The second kappa shape index (κ2) is 3.38. The minimum absolute atomic E-state index is 0.334. The molecule has 0 spiro atoms. The van der Waals surface area contributed by atoms with Crippen molar-refractivity contribution in [2.45, 2.75) is 20.0 Å². The van der Waals surface area contributed by atoms with Crippen molar-refractivity contribution >= 4 is 0 Å². The zero-order valence-corrected chi connectivity index (χ0v) is 8.04. The molecule has 0 bridgehead atoms. The van der Waals surface area contributed by atoms with E-state index < -0.39 is 0 Å². The Morgan fingerprint density at radius 2 is 1.92 bits per heavy atom. The van der Waals surface area contributed by atoms with E-state index in [1.165, 1.54) is 11.1 Å². The smallest absolute Gasteiger partial charge is 0.119 e. The molecule has 1 fully saturated rings. The first kappa shape index (κ1) is 8.57. The van der Waals surface area contributed by atoms with Crippen molar-refractivity contribution in [1.82, 2.24) is 0 Å². The van der Waals surface area contributed by atoms with Gasteiger partial charge >= 0.3 is 0 Å². The summed E-state index contributed by atoms with van der Waals surface area (Å²) in [7, 11) is 0. The fourth-order valence-electron chi connectivity index (χ4n) is 1.37. The van der Waals surface area contributed by atoms with Crippen molar-refractivity contribution in [3.63, 3.8) is 0 Å². The lowest BCUT2D eigenvalue weighted by Crippen LogP contribution is -2.04. The zero-order valence-electron chi connectivity index (χ0n) is 8.04. The Labute approximate surface area is 78.5 Å². The van der Waals surface area contributed by atoms with Crippen LogP contribution in [-0.2, 0) is 4.74 Å². The van der Waals surface area contributed by atoms with Crippen LogP contribution in [0.5, 0.6) is 5.75 Å². The maximum Gasteiger partial charge on any atom is 0.119 e. The molecule has 1 atom stereocenters. The minimum Gasteiger partial charge on any atom is -0.491 e. The molecule has 1 saturated heterocycles. The molecule has 1 aromatic rings. The molecule has 13 heavy (non-hydrogen) atoms. The van der Waals surface area contributed by atoms with Gasteiger partial charge in [-0.25, -0.2) is 0 Å². The number of ether oxygens (including phenoxy) is 2. The van der Waals surface area contributed by atoms with Crippen LogP contribution in [0.1, 0.15) is 11.1 Å². The predicted octanol–water partition coefficient (Wildman–Crippen LogP) is 2.08. The van der Waals surface area contributed by atoms with Crippen molar-refractivity contribution in [3.05, 3.63) is 29.3 Å². The summed E-state index contributed by atoms with van der Waals surface area (Å²) in [6, 6.07) is 6.24. The Bertz CT molecular complexity index is 283. The first-order valence-corrected chi connectivity index (χ1v) is 4.57. The minimum atomic E-state index is 0.334. The predicted molar refractivity (Wildman–Crippen MR) is 51.2 cm³/mol. The molecular formula is C11H14O2. The quantitative estimate of drug-likeness (QED) is 0.661. The molecule has 1 aromatic carbocycles. The molecular weight excluding hydrogens is 164 g/mol. The number of hydrogen-bond acceptors (Lipinski definition) is 2. The van der Waals surface area contributed by atoms with Crippen LogP contribution in [0, 0.1) is 13.8 Å². The third-order valence-corrected chi connectivity index (χ3v) is 2.03. The van der Waals surface area contributed by atoms with Gasteiger partial charge in [0, 0.05) is 0 Å². The Hall–Kier alpha value is -1.02. The molecule has 0 radical (unpaired) electrons. The first-order chi connectivity index (χ1) is 6.24. The van der Waals surface area contributed by atoms with Gasteiger partial charge in [-0.3, -0.25) is 0 Å². The number of aryl methyl sites for hydroxylation is 2. The van der Waals surface area contributed by atoms with E-state index in [2.05, 4.69) is 32.0 Å². The molecule has 0 aromatic heterocycles. The Kier molecular flexibility index (Phi) is 2.23. The second-order valence-electron chi connectivity index (χ2n) is 3.59. The van der Waals surface area contributed by atoms with Gasteiger partial charge in [-0.1, -0.05) is 6.07 Å². The first-order valence-electron chi connectivity index (χ1n) is 4.57. The van der Waals surface area contributed by atoms with E-state index >= 15 is 0 Å². The molecule has 0 N–H and O–H groups in total. The molecule has 1 aliphatic rings. The Morgan fingerprint density at radius 1 is 1.31 bits per heavy atom. The standard InChI is InChI=1S/C11H14O2/c1-8-3-9(2)5-10(4-8)12-6-11-7-13-11/h3-5,11H,6-7H2,1-2H3/t11-/m1/s1. The van der Waals surface area contributed by atoms with Crippen LogP contribution < -0.4 is 4.74 Å². The van der Waals surface area contributed by atoms with Crippen LogP contribution in [0.3, 0.4) is 0 Å². The van der Waals surface area contributed by atoms with Crippen LogP contribution >= 0.6 is 0 Å². The number of hydrogen-bond donors (Lipinski definition) is 0. The third-order valence-electron chi connectivity index (χ3n) is 2.03. The van der Waals surface area contributed by atoms with Gasteiger partial charge in [0.05, 0.1) is 6.61 Å². The fourth-order valence-corrected chi connectivity index (χ4v) is 1.37. The summed E-state index contributed by atoms with van der Waals surface area (Å²) in [6.45, 7) is 5.69. The highest BCUT2D eigenvalue weighted by atomic mass is 16.6. The van der Waals surface area contributed by atoms with Crippen LogP contribution in [-0.4, -0.2) is 19.3 Å². The van der Waals surface area contributed by atoms with Crippen molar-refractivity contribution in [1.29, 1.82) is 0 Å². The van der Waals surface area contributed by atoms with E-state index in [0.717, 1.165) is 12.4 Å². The molecule has 2 rings (SSSR count). The molecule has 0 unspecified atom stereocenters. The maximum absolute atomic E-state index is 5.57. The van der Waals surface area contributed by atoms with Crippen LogP contribution in [0.15, 0.2) is 18.2 Å².